The van der Waals surface area contributed by atoms with Crippen molar-refractivity contribution in [3.05, 3.63) is 63.4 Å². The summed E-state index contributed by atoms with van der Waals surface area (Å²) in [4.78, 5) is 40.7. The zero-order valence-electron chi connectivity index (χ0n) is 14.3. The van der Waals surface area contributed by atoms with E-state index in [-0.39, 0.29) is 34.0 Å². The van der Waals surface area contributed by atoms with Crippen LogP contribution in [0.5, 0.6) is 0 Å². The molecule has 0 aliphatic carbocycles. The van der Waals surface area contributed by atoms with E-state index in [2.05, 4.69) is 10.3 Å². The number of nitrogens with one attached hydrogen (secondary N) is 1. The number of anilines is 1. The van der Waals surface area contributed by atoms with Gasteiger partial charge in [-0.15, -0.1) is 0 Å². The molecule has 1 saturated heterocycles. The van der Waals surface area contributed by atoms with Gasteiger partial charge in [0.2, 0.25) is 5.91 Å². The quantitative estimate of drug-likeness (QED) is 0.639. The lowest BCUT2D eigenvalue weighted by Gasteiger charge is -2.31. The number of nitro groups is 1. The van der Waals surface area contributed by atoms with Crippen LogP contribution in [0, 0.1) is 16.0 Å². The van der Waals surface area contributed by atoms with E-state index < -0.39 is 4.92 Å². The molecule has 1 fully saturated rings. The zero-order chi connectivity index (χ0) is 19.4. The summed E-state index contributed by atoms with van der Waals surface area (Å²) < 4.78 is 0. The topological polar surface area (TPSA) is 105 Å². The second-order valence-corrected chi connectivity index (χ2v) is 6.62. The second kappa shape index (κ2) is 8.13. The first-order chi connectivity index (χ1) is 13.0. The van der Waals surface area contributed by atoms with E-state index in [4.69, 9.17) is 11.6 Å². The summed E-state index contributed by atoms with van der Waals surface area (Å²) in [7, 11) is 0. The molecule has 0 spiro atoms. The highest BCUT2D eigenvalue weighted by Gasteiger charge is 2.29. The molecule has 3 rings (SSSR count). The van der Waals surface area contributed by atoms with Gasteiger partial charge in [-0.25, -0.2) is 0 Å². The van der Waals surface area contributed by atoms with E-state index in [1.807, 2.05) is 0 Å². The smallest absolute Gasteiger partial charge is 0.270 e. The van der Waals surface area contributed by atoms with Crippen molar-refractivity contribution in [2.75, 3.05) is 18.4 Å². The van der Waals surface area contributed by atoms with Gasteiger partial charge in [0.25, 0.3) is 11.6 Å². The molecule has 1 aliphatic rings. The minimum absolute atomic E-state index is 0.0479. The Morgan fingerprint density at radius 2 is 1.85 bits per heavy atom. The summed E-state index contributed by atoms with van der Waals surface area (Å²) in [5.41, 5.74) is 0.746. The Bertz CT molecular complexity index is 867. The Morgan fingerprint density at radius 3 is 2.44 bits per heavy atom. The minimum atomic E-state index is -0.562. The van der Waals surface area contributed by atoms with Crippen LogP contribution >= 0.6 is 11.6 Å². The molecule has 9 heteroatoms. The number of nitro benzene ring substituents is 1. The highest BCUT2D eigenvalue weighted by molar-refractivity contribution is 6.34. The Hall–Kier alpha value is -3.00. The Balaban J connectivity index is 1.59. The molecule has 0 unspecified atom stereocenters. The van der Waals surface area contributed by atoms with E-state index in [9.17, 15) is 19.7 Å². The first-order valence-corrected chi connectivity index (χ1v) is 8.77. The van der Waals surface area contributed by atoms with E-state index in [0.717, 1.165) is 0 Å². The fourth-order valence-electron chi connectivity index (χ4n) is 2.99. The van der Waals surface area contributed by atoms with Crippen molar-refractivity contribution in [1.29, 1.82) is 0 Å². The van der Waals surface area contributed by atoms with Gasteiger partial charge in [-0.1, -0.05) is 11.6 Å². The Kier molecular flexibility index (Phi) is 5.66. The van der Waals surface area contributed by atoms with Gasteiger partial charge in [0, 0.05) is 49.2 Å². The number of carbonyl (C=O) groups is 2. The lowest BCUT2D eigenvalue weighted by Crippen LogP contribution is -2.41. The first kappa shape index (κ1) is 18.8. The van der Waals surface area contributed by atoms with Gasteiger partial charge in [0.1, 0.15) is 0 Å². The molecule has 8 nitrogen and oxygen atoms in total. The third-order valence-corrected chi connectivity index (χ3v) is 4.81. The number of pyridine rings is 1. The van der Waals surface area contributed by atoms with Crippen LogP contribution in [-0.2, 0) is 4.79 Å². The molecule has 2 amide bonds. The lowest BCUT2D eigenvalue weighted by atomic mass is 9.95. The van der Waals surface area contributed by atoms with Crippen molar-refractivity contribution in [1.82, 2.24) is 9.88 Å². The number of hydrogen-bond donors (Lipinski definition) is 1. The van der Waals surface area contributed by atoms with Crippen molar-refractivity contribution in [2.24, 2.45) is 5.92 Å². The molecular weight excluding hydrogens is 372 g/mol. The van der Waals surface area contributed by atoms with Gasteiger partial charge in [-0.05, 0) is 31.0 Å². The van der Waals surface area contributed by atoms with Crippen molar-refractivity contribution in [2.45, 2.75) is 12.8 Å². The van der Waals surface area contributed by atoms with Crippen LogP contribution in [0.3, 0.4) is 0 Å². The highest BCUT2D eigenvalue weighted by atomic mass is 35.5. The van der Waals surface area contributed by atoms with Gasteiger partial charge in [0.05, 0.1) is 15.5 Å². The van der Waals surface area contributed by atoms with Crippen molar-refractivity contribution >= 4 is 34.8 Å². The average molecular weight is 389 g/mol. The van der Waals surface area contributed by atoms with Gasteiger partial charge in [-0.2, -0.15) is 0 Å². The SMILES string of the molecule is O=C(Nc1ccncc1)C1CCN(C(=O)c2ccc([N+](=O)[O-])cc2Cl)CC1. The number of benzene rings is 1. The molecule has 1 N–H and O–H groups in total. The first-order valence-electron chi connectivity index (χ1n) is 8.40. The highest BCUT2D eigenvalue weighted by Crippen LogP contribution is 2.26. The van der Waals surface area contributed by atoms with Crippen LogP contribution in [0.1, 0.15) is 23.2 Å². The number of likely N-dealkylation sites (tertiary alicyclic amines) is 1. The van der Waals surface area contributed by atoms with Crippen LogP contribution in [0.2, 0.25) is 5.02 Å². The molecule has 0 atom stereocenters. The predicted octanol–water partition coefficient (Wildman–Crippen LogP) is 3.13. The predicted molar refractivity (Wildman–Crippen MR) is 99.6 cm³/mol. The number of halogens is 1. The molecule has 2 aromatic rings. The third kappa shape index (κ3) is 4.40. The van der Waals surface area contributed by atoms with Crippen LogP contribution in [0.25, 0.3) is 0 Å². The number of rotatable bonds is 4. The number of nitrogens with zero attached hydrogens (tertiary/aromatic N) is 3. The number of non-ortho nitro benzene ring substituents is 1. The number of aromatic nitrogens is 1. The fourth-order valence-corrected chi connectivity index (χ4v) is 3.24. The average Bonchev–Trinajstić information content (AvgIpc) is 2.68. The van der Waals surface area contributed by atoms with Crippen molar-refractivity contribution in [3.8, 4) is 0 Å². The van der Waals surface area contributed by atoms with E-state index in [1.54, 1.807) is 29.4 Å². The monoisotopic (exact) mass is 388 g/mol. The molecule has 1 aliphatic heterocycles. The van der Waals surface area contributed by atoms with Crippen LogP contribution < -0.4 is 5.32 Å². The fraction of sp³-hybridized carbons (Fsp3) is 0.278. The summed E-state index contributed by atoms with van der Waals surface area (Å²) in [5.74, 6) is -0.556. The minimum Gasteiger partial charge on any atom is -0.339 e. The van der Waals surface area contributed by atoms with E-state index in [1.165, 1.54) is 18.2 Å². The summed E-state index contributed by atoms with van der Waals surface area (Å²) >= 11 is 6.04. The number of amides is 2. The maximum Gasteiger partial charge on any atom is 0.270 e. The van der Waals surface area contributed by atoms with Crippen molar-refractivity contribution in [3.63, 3.8) is 0 Å². The Labute approximate surface area is 160 Å². The lowest BCUT2D eigenvalue weighted by molar-refractivity contribution is -0.384. The molecule has 0 radical (unpaired) electrons. The van der Waals surface area contributed by atoms with Gasteiger partial charge >= 0.3 is 0 Å². The molecule has 1 aromatic carbocycles. The van der Waals surface area contributed by atoms with Crippen molar-refractivity contribution < 1.29 is 14.5 Å². The zero-order valence-corrected chi connectivity index (χ0v) is 15.1. The molecule has 0 saturated carbocycles. The number of piperidine rings is 1. The van der Waals surface area contributed by atoms with Crippen LogP contribution in [-0.4, -0.2) is 39.7 Å². The molecule has 140 valence electrons. The standard InChI is InChI=1S/C18H17ClN4O4/c19-16-11-14(23(26)27)1-2-15(16)18(25)22-9-5-12(6-10-22)17(24)21-13-3-7-20-8-4-13/h1-4,7-8,11-12H,5-6,9-10H2,(H,20,21,24). The van der Waals surface area contributed by atoms with Crippen LogP contribution in [0.4, 0.5) is 11.4 Å². The molecule has 1 aromatic heterocycles. The Morgan fingerprint density at radius 1 is 1.19 bits per heavy atom. The normalized spacial score (nSPS) is 14.6. The van der Waals surface area contributed by atoms with Gasteiger partial charge in [0.15, 0.2) is 0 Å². The van der Waals surface area contributed by atoms with E-state index in [0.29, 0.717) is 31.6 Å². The van der Waals surface area contributed by atoms with Gasteiger partial charge < -0.3 is 10.2 Å². The van der Waals surface area contributed by atoms with E-state index >= 15 is 0 Å². The van der Waals surface area contributed by atoms with Gasteiger partial charge in [-0.3, -0.25) is 24.7 Å². The van der Waals surface area contributed by atoms with Crippen LogP contribution in [0.15, 0.2) is 42.7 Å². The molecule has 2 heterocycles. The molecule has 0 bridgehead atoms. The molecule has 27 heavy (non-hydrogen) atoms. The maximum atomic E-state index is 12.6. The summed E-state index contributed by atoms with van der Waals surface area (Å²) in [5, 5.41) is 13.7. The number of hydrogen-bond acceptors (Lipinski definition) is 5. The summed E-state index contributed by atoms with van der Waals surface area (Å²) in [6, 6.07) is 7.23. The summed E-state index contributed by atoms with van der Waals surface area (Å²) in [6.07, 6.45) is 4.27. The second-order valence-electron chi connectivity index (χ2n) is 6.21. The molecular formula is C18H17ClN4O4. The maximum absolute atomic E-state index is 12.6. The summed E-state index contributed by atoms with van der Waals surface area (Å²) in [6.45, 7) is 0.834. The third-order valence-electron chi connectivity index (χ3n) is 4.49. The largest absolute Gasteiger partial charge is 0.339 e. The number of carbonyl (C=O) groups excluding carboxylic acids is 2.